The highest BCUT2D eigenvalue weighted by Gasteiger charge is 2.35. The number of carbonyl (C=O) groups is 1. The Morgan fingerprint density at radius 1 is 0.964 bits per heavy atom. The van der Waals surface area contributed by atoms with Gasteiger partial charge in [-0.15, -0.1) is 0 Å². The van der Waals surface area contributed by atoms with Crippen molar-refractivity contribution in [3.05, 3.63) is 106 Å². The lowest BCUT2D eigenvalue weighted by Crippen LogP contribution is -2.43. The van der Waals surface area contributed by atoms with Crippen molar-refractivity contribution in [2.75, 3.05) is 6.54 Å². The Labute approximate surface area is 171 Å². The van der Waals surface area contributed by atoms with Crippen LogP contribution in [0.2, 0.25) is 5.02 Å². The van der Waals surface area contributed by atoms with Gasteiger partial charge in [-0.3, -0.25) is 4.79 Å². The molecule has 28 heavy (non-hydrogen) atoms. The van der Waals surface area contributed by atoms with Crippen molar-refractivity contribution in [3.63, 3.8) is 0 Å². The molecule has 3 aromatic carbocycles. The highest BCUT2D eigenvalue weighted by Crippen LogP contribution is 2.40. The molecule has 3 aromatic rings. The van der Waals surface area contributed by atoms with Crippen molar-refractivity contribution in [1.29, 1.82) is 0 Å². The second-order valence-electron chi connectivity index (χ2n) is 7.28. The summed E-state index contributed by atoms with van der Waals surface area (Å²) in [5, 5.41) is 0.703. The molecule has 4 rings (SSSR count). The number of nitrogens with zero attached hydrogens (tertiary/aromatic N) is 1. The zero-order chi connectivity index (χ0) is 19.5. The summed E-state index contributed by atoms with van der Waals surface area (Å²) in [6, 6.07) is 26.2. The number of halogens is 1. The molecule has 0 fully saturated rings. The minimum atomic E-state index is -0.149. The maximum Gasteiger partial charge on any atom is 0.230 e. The van der Waals surface area contributed by atoms with Crippen molar-refractivity contribution in [3.8, 4) is 0 Å². The SMILES string of the molecule is CC[C@@H](C(=O)N1CCc2ccccc2[C@@H]1c1ccccc1Cl)c1ccccc1. The van der Waals surface area contributed by atoms with Gasteiger partial charge in [0, 0.05) is 11.6 Å². The average Bonchev–Trinajstić information content (AvgIpc) is 2.74. The molecular formula is C25H24ClNO. The Balaban J connectivity index is 1.79. The third-order valence-corrected chi connectivity index (χ3v) is 6.02. The van der Waals surface area contributed by atoms with E-state index in [1.54, 1.807) is 0 Å². The monoisotopic (exact) mass is 389 g/mol. The molecule has 0 aliphatic carbocycles. The van der Waals surface area contributed by atoms with Crippen LogP contribution in [0, 0.1) is 0 Å². The van der Waals surface area contributed by atoms with Crippen LogP contribution >= 0.6 is 11.6 Å². The van der Waals surface area contributed by atoms with Gasteiger partial charge in [0.15, 0.2) is 0 Å². The van der Waals surface area contributed by atoms with Gasteiger partial charge in [-0.2, -0.15) is 0 Å². The van der Waals surface area contributed by atoms with Crippen LogP contribution in [0.3, 0.4) is 0 Å². The van der Waals surface area contributed by atoms with Gasteiger partial charge in [-0.05, 0) is 41.2 Å². The molecule has 2 atom stereocenters. The largest absolute Gasteiger partial charge is 0.331 e. The van der Waals surface area contributed by atoms with Gasteiger partial charge in [-0.1, -0.05) is 91.3 Å². The van der Waals surface area contributed by atoms with Gasteiger partial charge < -0.3 is 4.90 Å². The van der Waals surface area contributed by atoms with Crippen molar-refractivity contribution >= 4 is 17.5 Å². The number of rotatable bonds is 4. The first-order chi connectivity index (χ1) is 13.7. The summed E-state index contributed by atoms with van der Waals surface area (Å²) in [7, 11) is 0. The second kappa shape index (κ2) is 8.20. The van der Waals surface area contributed by atoms with E-state index in [1.165, 1.54) is 11.1 Å². The summed E-state index contributed by atoms with van der Waals surface area (Å²) in [5.74, 6) is 0.0320. The fourth-order valence-electron chi connectivity index (χ4n) is 4.27. The lowest BCUT2D eigenvalue weighted by molar-refractivity contribution is -0.135. The zero-order valence-electron chi connectivity index (χ0n) is 16.0. The Kier molecular flexibility index (Phi) is 5.50. The van der Waals surface area contributed by atoms with E-state index in [-0.39, 0.29) is 17.9 Å². The number of benzene rings is 3. The van der Waals surface area contributed by atoms with Crippen LogP contribution in [0.1, 0.15) is 47.6 Å². The molecule has 0 bridgehead atoms. The predicted octanol–water partition coefficient (Wildman–Crippen LogP) is 6.01. The van der Waals surface area contributed by atoms with Crippen LogP contribution in [-0.4, -0.2) is 17.4 Å². The van der Waals surface area contributed by atoms with Gasteiger partial charge in [0.1, 0.15) is 0 Å². The van der Waals surface area contributed by atoms with Crippen LogP contribution in [-0.2, 0) is 11.2 Å². The summed E-state index contributed by atoms with van der Waals surface area (Å²) in [6.07, 6.45) is 1.64. The molecule has 3 heteroatoms. The molecule has 0 spiro atoms. The van der Waals surface area contributed by atoms with Crippen LogP contribution in [0.4, 0.5) is 0 Å². The molecule has 0 N–H and O–H groups in total. The Morgan fingerprint density at radius 3 is 2.32 bits per heavy atom. The Morgan fingerprint density at radius 2 is 1.61 bits per heavy atom. The Hall–Kier alpha value is -2.58. The first-order valence-corrected chi connectivity index (χ1v) is 10.3. The normalized spacial score (nSPS) is 17.1. The molecule has 0 saturated heterocycles. The van der Waals surface area contributed by atoms with E-state index in [4.69, 9.17) is 11.6 Å². The highest BCUT2D eigenvalue weighted by atomic mass is 35.5. The molecule has 0 unspecified atom stereocenters. The van der Waals surface area contributed by atoms with Gasteiger partial charge in [-0.25, -0.2) is 0 Å². The molecule has 142 valence electrons. The number of fused-ring (bicyclic) bond motifs is 1. The summed E-state index contributed by atoms with van der Waals surface area (Å²) < 4.78 is 0. The second-order valence-corrected chi connectivity index (χ2v) is 7.68. The van der Waals surface area contributed by atoms with Crippen molar-refractivity contribution in [2.45, 2.75) is 31.7 Å². The minimum absolute atomic E-state index is 0.142. The fourth-order valence-corrected chi connectivity index (χ4v) is 4.51. The molecule has 1 aliphatic rings. The topological polar surface area (TPSA) is 20.3 Å². The summed E-state index contributed by atoms with van der Waals surface area (Å²) >= 11 is 6.59. The molecular weight excluding hydrogens is 366 g/mol. The number of carbonyl (C=O) groups excluding carboxylic acids is 1. The predicted molar refractivity (Wildman–Crippen MR) is 115 cm³/mol. The van der Waals surface area contributed by atoms with E-state index in [1.807, 2.05) is 53.4 Å². The molecule has 0 aromatic heterocycles. The third-order valence-electron chi connectivity index (χ3n) is 5.67. The highest BCUT2D eigenvalue weighted by molar-refractivity contribution is 6.31. The lowest BCUT2D eigenvalue weighted by atomic mass is 9.86. The lowest BCUT2D eigenvalue weighted by Gasteiger charge is -2.40. The van der Waals surface area contributed by atoms with E-state index < -0.39 is 0 Å². The van der Waals surface area contributed by atoms with E-state index >= 15 is 0 Å². The quantitative estimate of drug-likeness (QED) is 0.535. The Bertz CT molecular complexity index is 969. The maximum absolute atomic E-state index is 13.7. The first kappa shape index (κ1) is 18.8. The summed E-state index contributed by atoms with van der Waals surface area (Å²) in [4.78, 5) is 15.7. The van der Waals surface area contributed by atoms with Crippen LogP contribution in [0.25, 0.3) is 0 Å². The van der Waals surface area contributed by atoms with Gasteiger partial charge in [0.05, 0.1) is 12.0 Å². The molecule has 1 aliphatic heterocycles. The molecule has 0 radical (unpaired) electrons. The number of hydrogen-bond donors (Lipinski definition) is 0. The van der Waals surface area contributed by atoms with Crippen molar-refractivity contribution in [2.24, 2.45) is 0 Å². The molecule has 1 heterocycles. The van der Waals surface area contributed by atoms with Gasteiger partial charge >= 0.3 is 0 Å². The van der Waals surface area contributed by atoms with Crippen molar-refractivity contribution < 1.29 is 4.79 Å². The van der Waals surface area contributed by atoms with E-state index in [0.717, 1.165) is 24.0 Å². The zero-order valence-corrected chi connectivity index (χ0v) is 16.8. The summed E-state index contributed by atoms with van der Waals surface area (Å²) in [5.41, 5.74) is 4.54. The molecule has 0 saturated carbocycles. The number of amides is 1. The standard InChI is InChI=1S/C25H24ClNO/c1-2-20(18-10-4-3-5-11-18)25(28)27-17-16-19-12-6-7-13-21(19)24(27)22-14-8-9-15-23(22)26/h3-15,20,24H,2,16-17H2,1H3/t20-,24-/m1/s1. The maximum atomic E-state index is 13.7. The van der Waals surface area contributed by atoms with Crippen LogP contribution in [0.5, 0.6) is 0 Å². The smallest absolute Gasteiger partial charge is 0.230 e. The molecule has 2 nitrogen and oxygen atoms in total. The average molecular weight is 390 g/mol. The van der Waals surface area contributed by atoms with E-state index in [9.17, 15) is 4.79 Å². The van der Waals surface area contributed by atoms with Crippen LogP contribution < -0.4 is 0 Å². The molecule has 1 amide bonds. The van der Waals surface area contributed by atoms with E-state index in [2.05, 4.69) is 37.3 Å². The number of hydrogen-bond acceptors (Lipinski definition) is 1. The minimum Gasteiger partial charge on any atom is -0.331 e. The van der Waals surface area contributed by atoms with Gasteiger partial charge in [0.25, 0.3) is 0 Å². The first-order valence-electron chi connectivity index (χ1n) is 9.88. The van der Waals surface area contributed by atoms with Crippen LogP contribution in [0.15, 0.2) is 78.9 Å². The van der Waals surface area contributed by atoms with Gasteiger partial charge in [0.2, 0.25) is 5.91 Å². The van der Waals surface area contributed by atoms with Crippen molar-refractivity contribution in [1.82, 2.24) is 4.90 Å². The summed E-state index contributed by atoms with van der Waals surface area (Å²) in [6.45, 7) is 2.78. The van der Waals surface area contributed by atoms with E-state index in [0.29, 0.717) is 11.6 Å². The third kappa shape index (κ3) is 3.45. The fraction of sp³-hybridized carbons (Fsp3) is 0.240.